The lowest BCUT2D eigenvalue weighted by Crippen LogP contribution is -2.33. The van der Waals surface area contributed by atoms with Crippen molar-refractivity contribution < 1.29 is 9.53 Å². The monoisotopic (exact) mass is 313 g/mol. The van der Waals surface area contributed by atoms with Crippen molar-refractivity contribution >= 4 is 17.7 Å². The molecule has 3 rings (SSSR count). The highest BCUT2D eigenvalue weighted by molar-refractivity contribution is 8.00. The first-order valence-corrected chi connectivity index (χ1v) is 8.42. The molecular weight excluding hydrogens is 294 g/mol. The minimum Gasteiger partial charge on any atom is -0.493 e. The highest BCUT2D eigenvalue weighted by Crippen LogP contribution is 2.31. The normalized spacial score (nSPS) is 16.5. The third kappa shape index (κ3) is 3.45. The molecule has 0 aromatic heterocycles. The number of ether oxygens (including phenoxy) is 1. The molecule has 114 valence electrons. The lowest BCUT2D eigenvalue weighted by Gasteiger charge is -2.26. The molecule has 0 saturated heterocycles. The Labute approximate surface area is 135 Å². The third-order valence-electron chi connectivity index (χ3n) is 3.75. The fourth-order valence-corrected chi connectivity index (χ4v) is 3.43. The van der Waals surface area contributed by atoms with Crippen LogP contribution in [0.25, 0.3) is 0 Å². The van der Waals surface area contributed by atoms with Gasteiger partial charge in [0.15, 0.2) is 0 Å². The van der Waals surface area contributed by atoms with Crippen molar-refractivity contribution in [2.75, 3.05) is 12.4 Å². The maximum atomic E-state index is 12.2. The van der Waals surface area contributed by atoms with Crippen molar-refractivity contribution in [2.24, 2.45) is 0 Å². The van der Waals surface area contributed by atoms with Gasteiger partial charge >= 0.3 is 0 Å². The van der Waals surface area contributed by atoms with E-state index in [0.29, 0.717) is 12.4 Å². The zero-order valence-electron chi connectivity index (χ0n) is 12.5. The molecule has 0 fully saturated rings. The maximum Gasteiger partial charge on any atom is 0.230 e. The summed E-state index contributed by atoms with van der Waals surface area (Å²) in [5.41, 5.74) is 2.28. The minimum absolute atomic E-state index is 0.0509. The van der Waals surface area contributed by atoms with Crippen LogP contribution in [0, 0.1) is 6.92 Å². The van der Waals surface area contributed by atoms with Gasteiger partial charge in [-0.1, -0.05) is 36.4 Å². The number of hydrogen-bond acceptors (Lipinski definition) is 3. The Morgan fingerprint density at radius 1 is 1.23 bits per heavy atom. The van der Waals surface area contributed by atoms with E-state index in [4.69, 9.17) is 4.74 Å². The smallest absolute Gasteiger partial charge is 0.230 e. The molecule has 3 nitrogen and oxygen atoms in total. The summed E-state index contributed by atoms with van der Waals surface area (Å²) in [5, 5.41) is 3.12. The first-order valence-electron chi connectivity index (χ1n) is 7.43. The van der Waals surface area contributed by atoms with Gasteiger partial charge < -0.3 is 10.1 Å². The van der Waals surface area contributed by atoms with E-state index in [1.807, 2.05) is 36.4 Å². The number of amides is 1. The molecule has 0 aliphatic carbocycles. The Morgan fingerprint density at radius 3 is 2.86 bits per heavy atom. The molecular formula is C18H19NO2S. The second kappa shape index (κ2) is 6.88. The minimum atomic E-state index is 0.0509. The van der Waals surface area contributed by atoms with Crippen LogP contribution in [0.3, 0.4) is 0 Å². The van der Waals surface area contributed by atoms with E-state index >= 15 is 0 Å². The number of rotatable bonds is 4. The number of nitrogens with one attached hydrogen (secondary N) is 1. The first kappa shape index (κ1) is 15.0. The van der Waals surface area contributed by atoms with Crippen LogP contribution in [0.5, 0.6) is 5.75 Å². The topological polar surface area (TPSA) is 38.3 Å². The zero-order chi connectivity index (χ0) is 15.4. The van der Waals surface area contributed by atoms with Gasteiger partial charge in [0, 0.05) is 16.9 Å². The van der Waals surface area contributed by atoms with Crippen LogP contribution in [0.4, 0.5) is 0 Å². The molecule has 1 aliphatic heterocycles. The van der Waals surface area contributed by atoms with Crippen LogP contribution in [-0.4, -0.2) is 18.3 Å². The van der Waals surface area contributed by atoms with Crippen LogP contribution in [0.2, 0.25) is 0 Å². The molecule has 0 spiro atoms. The van der Waals surface area contributed by atoms with E-state index in [2.05, 4.69) is 24.4 Å². The van der Waals surface area contributed by atoms with Gasteiger partial charge in [-0.25, -0.2) is 0 Å². The van der Waals surface area contributed by atoms with E-state index < -0.39 is 0 Å². The molecule has 0 unspecified atom stereocenters. The van der Waals surface area contributed by atoms with Crippen molar-refractivity contribution in [3.8, 4) is 5.75 Å². The highest BCUT2D eigenvalue weighted by atomic mass is 32.2. The van der Waals surface area contributed by atoms with Gasteiger partial charge in [-0.3, -0.25) is 4.79 Å². The fourth-order valence-electron chi connectivity index (χ4n) is 2.59. The number of para-hydroxylation sites is 1. The predicted octanol–water partition coefficient (Wildman–Crippen LogP) is 3.73. The summed E-state index contributed by atoms with van der Waals surface area (Å²) in [6.07, 6.45) is 0.817. The van der Waals surface area contributed by atoms with Crippen molar-refractivity contribution in [1.29, 1.82) is 0 Å². The molecule has 2 aromatic carbocycles. The number of carbonyl (C=O) groups excluding carboxylic acids is 1. The molecule has 2 aromatic rings. The summed E-state index contributed by atoms with van der Waals surface area (Å²) < 4.78 is 5.62. The van der Waals surface area contributed by atoms with Gasteiger partial charge in [0.05, 0.1) is 18.4 Å². The lowest BCUT2D eigenvalue weighted by molar-refractivity contribution is -0.119. The Bertz CT molecular complexity index is 672. The van der Waals surface area contributed by atoms with E-state index in [-0.39, 0.29) is 11.9 Å². The van der Waals surface area contributed by atoms with Crippen LogP contribution in [0.15, 0.2) is 53.4 Å². The number of hydrogen-bond donors (Lipinski definition) is 1. The van der Waals surface area contributed by atoms with Crippen LogP contribution in [0.1, 0.15) is 23.6 Å². The molecule has 1 heterocycles. The van der Waals surface area contributed by atoms with Gasteiger partial charge in [0.2, 0.25) is 5.91 Å². The summed E-state index contributed by atoms with van der Waals surface area (Å²) in [6, 6.07) is 16.1. The Hall–Kier alpha value is -1.94. The van der Waals surface area contributed by atoms with Crippen LogP contribution < -0.4 is 10.1 Å². The van der Waals surface area contributed by atoms with Gasteiger partial charge in [0.1, 0.15) is 5.75 Å². The summed E-state index contributed by atoms with van der Waals surface area (Å²) in [4.78, 5) is 13.4. The molecule has 0 saturated carbocycles. The molecule has 22 heavy (non-hydrogen) atoms. The van der Waals surface area contributed by atoms with Crippen molar-refractivity contribution in [1.82, 2.24) is 5.32 Å². The number of carbonyl (C=O) groups is 1. The van der Waals surface area contributed by atoms with E-state index in [9.17, 15) is 4.79 Å². The molecule has 1 aliphatic rings. The average molecular weight is 313 g/mol. The van der Waals surface area contributed by atoms with Crippen molar-refractivity contribution in [2.45, 2.75) is 24.3 Å². The standard InChI is InChI=1S/C18H19NO2S/c1-13-6-2-5-9-17(13)22-12-18(20)19-15-10-11-21-16-8-4-3-7-14(15)16/h2-9,15H,10-12H2,1H3,(H,19,20)/t15-/m0/s1. The van der Waals surface area contributed by atoms with Gasteiger partial charge in [-0.2, -0.15) is 0 Å². The van der Waals surface area contributed by atoms with Gasteiger partial charge in [-0.15, -0.1) is 11.8 Å². The second-order valence-corrected chi connectivity index (χ2v) is 6.37. The second-order valence-electron chi connectivity index (χ2n) is 5.35. The average Bonchev–Trinajstić information content (AvgIpc) is 2.54. The molecule has 1 N–H and O–H groups in total. The van der Waals surface area contributed by atoms with Crippen LogP contribution >= 0.6 is 11.8 Å². The van der Waals surface area contributed by atoms with E-state index in [1.165, 1.54) is 5.56 Å². The maximum absolute atomic E-state index is 12.2. The quantitative estimate of drug-likeness (QED) is 0.874. The van der Waals surface area contributed by atoms with E-state index in [0.717, 1.165) is 22.6 Å². The summed E-state index contributed by atoms with van der Waals surface area (Å²) in [5.74, 6) is 1.38. The van der Waals surface area contributed by atoms with Gasteiger partial charge in [-0.05, 0) is 24.6 Å². The van der Waals surface area contributed by atoms with E-state index in [1.54, 1.807) is 11.8 Å². The Balaban J connectivity index is 1.60. The number of thioether (sulfide) groups is 1. The van der Waals surface area contributed by atoms with Crippen LogP contribution in [-0.2, 0) is 4.79 Å². The first-order chi connectivity index (χ1) is 10.7. The number of benzene rings is 2. The Morgan fingerprint density at radius 2 is 2.00 bits per heavy atom. The van der Waals surface area contributed by atoms with Crippen molar-refractivity contribution in [3.05, 3.63) is 59.7 Å². The molecule has 0 radical (unpaired) electrons. The largest absolute Gasteiger partial charge is 0.493 e. The predicted molar refractivity (Wildman–Crippen MR) is 89.3 cm³/mol. The lowest BCUT2D eigenvalue weighted by atomic mass is 10.0. The van der Waals surface area contributed by atoms with Gasteiger partial charge in [0.25, 0.3) is 0 Å². The molecule has 0 bridgehead atoms. The summed E-state index contributed by atoms with van der Waals surface area (Å²) in [6.45, 7) is 2.71. The molecule has 1 amide bonds. The Kier molecular flexibility index (Phi) is 4.68. The molecule has 4 heteroatoms. The summed E-state index contributed by atoms with van der Waals surface area (Å²) >= 11 is 1.58. The molecule has 1 atom stereocenters. The third-order valence-corrected chi connectivity index (χ3v) is 4.92. The SMILES string of the molecule is Cc1ccccc1SCC(=O)N[C@H]1CCOc2ccccc21. The van der Waals surface area contributed by atoms with Crippen molar-refractivity contribution in [3.63, 3.8) is 0 Å². The highest BCUT2D eigenvalue weighted by Gasteiger charge is 2.22. The number of aryl methyl sites for hydroxylation is 1. The number of fused-ring (bicyclic) bond motifs is 1. The zero-order valence-corrected chi connectivity index (χ0v) is 13.4. The fraction of sp³-hybridized carbons (Fsp3) is 0.278. The summed E-state index contributed by atoms with van der Waals surface area (Å²) in [7, 11) is 0.